The predicted molar refractivity (Wildman–Crippen MR) is 48.4 cm³/mol. The molecule has 0 rings (SSSR count). The van der Waals surface area contributed by atoms with Crippen molar-refractivity contribution in [2.24, 2.45) is 5.73 Å². The van der Waals surface area contributed by atoms with Crippen molar-refractivity contribution in [3.63, 3.8) is 0 Å². The van der Waals surface area contributed by atoms with Gasteiger partial charge in [0, 0.05) is 6.61 Å². The van der Waals surface area contributed by atoms with E-state index in [0.717, 1.165) is 6.42 Å². The Morgan fingerprint density at radius 3 is 2.67 bits per heavy atom. The third-order valence-electron chi connectivity index (χ3n) is 1.02. The lowest BCUT2D eigenvalue weighted by Gasteiger charge is -2.02. The number of esters is 1. The predicted octanol–water partition coefficient (Wildman–Crippen LogP) is 0.337. The van der Waals surface area contributed by atoms with Gasteiger partial charge in [-0.15, -0.1) is 12.4 Å². The maximum atomic E-state index is 10.6. The summed E-state index contributed by atoms with van der Waals surface area (Å²) in [5.41, 5.74) is 5.21. The van der Waals surface area contributed by atoms with Crippen LogP contribution in [0, 0.1) is 0 Å². The summed E-state index contributed by atoms with van der Waals surface area (Å²) in [6.07, 6.45) is 0.777. The molecule has 0 aliphatic carbocycles. The quantitative estimate of drug-likeness (QED) is 0.493. The van der Waals surface area contributed by atoms with E-state index in [4.69, 9.17) is 10.5 Å². The Bertz CT molecular complexity index is 111. The molecule has 2 N–H and O–H groups in total. The molecular formula is C7H16ClNO3. The van der Waals surface area contributed by atoms with Gasteiger partial charge in [-0.3, -0.25) is 0 Å². The molecule has 0 unspecified atom stereocenters. The summed E-state index contributed by atoms with van der Waals surface area (Å²) in [4.78, 5) is 10.6. The lowest BCUT2D eigenvalue weighted by Crippen LogP contribution is -2.14. The molecule has 0 aliphatic heterocycles. The van der Waals surface area contributed by atoms with Crippen LogP contribution in [0.1, 0.15) is 13.3 Å². The molecule has 0 saturated carbocycles. The van der Waals surface area contributed by atoms with Gasteiger partial charge in [0.15, 0.2) is 0 Å². The second-order valence-corrected chi connectivity index (χ2v) is 2.00. The van der Waals surface area contributed by atoms with Crippen molar-refractivity contribution in [1.82, 2.24) is 0 Å². The molecule has 0 saturated heterocycles. The van der Waals surface area contributed by atoms with Gasteiger partial charge in [0.1, 0.15) is 6.61 Å². The Kier molecular flexibility index (Phi) is 12.7. The minimum atomic E-state index is -0.315. The zero-order valence-electron chi connectivity index (χ0n) is 7.25. The van der Waals surface area contributed by atoms with Gasteiger partial charge >= 0.3 is 5.97 Å². The van der Waals surface area contributed by atoms with Crippen LogP contribution in [0.25, 0.3) is 0 Å². The molecule has 74 valence electrons. The van der Waals surface area contributed by atoms with Crippen LogP contribution in [0.5, 0.6) is 0 Å². The summed E-state index contributed by atoms with van der Waals surface area (Å²) in [6, 6.07) is 0. The number of hydrogen-bond donors (Lipinski definition) is 1. The van der Waals surface area contributed by atoms with Crippen LogP contribution in [-0.4, -0.2) is 32.3 Å². The molecule has 0 aliphatic rings. The number of rotatable bonds is 6. The zero-order chi connectivity index (χ0) is 8.53. The van der Waals surface area contributed by atoms with Gasteiger partial charge in [-0.1, -0.05) is 0 Å². The highest BCUT2D eigenvalue weighted by molar-refractivity contribution is 5.85. The molecule has 0 amide bonds. The summed E-state index contributed by atoms with van der Waals surface area (Å²) < 4.78 is 9.56. The molecule has 5 heteroatoms. The second kappa shape index (κ2) is 10.7. The fourth-order valence-electron chi connectivity index (χ4n) is 0.544. The summed E-state index contributed by atoms with van der Waals surface area (Å²) in [6.45, 7) is 3.31. The van der Waals surface area contributed by atoms with Crippen molar-refractivity contribution in [2.45, 2.75) is 13.3 Å². The Morgan fingerprint density at radius 2 is 2.17 bits per heavy atom. The van der Waals surface area contributed by atoms with Gasteiger partial charge in [0.05, 0.1) is 6.61 Å². The molecule has 0 fully saturated rings. The Balaban J connectivity index is 0. The van der Waals surface area contributed by atoms with Crippen LogP contribution in [-0.2, 0) is 14.3 Å². The van der Waals surface area contributed by atoms with E-state index in [-0.39, 0.29) is 25.0 Å². The maximum Gasteiger partial charge on any atom is 0.332 e. The number of carbonyl (C=O) groups is 1. The minimum absolute atomic E-state index is 0. The topological polar surface area (TPSA) is 61.5 Å². The zero-order valence-corrected chi connectivity index (χ0v) is 8.06. The van der Waals surface area contributed by atoms with E-state index in [1.54, 1.807) is 6.92 Å². The Morgan fingerprint density at radius 1 is 1.50 bits per heavy atom. The van der Waals surface area contributed by atoms with Crippen LogP contribution < -0.4 is 5.73 Å². The molecule has 0 aromatic heterocycles. The Hall–Kier alpha value is -0.320. The SMILES string of the molecule is CCOC(=O)COCCCN.Cl. The van der Waals surface area contributed by atoms with Crippen LogP contribution in [0.15, 0.2) is 0 Å². The van der Waals surface area contributed by atoms with Gasteiger partial charge in [-0.2, -0.15) is 0 Å². The monoisotopic (exact) mass is 197 g/mol. The van der Waals surface area contributed by atoms with Crippen molar-refractivity contribution in [2.75, 3.05) is 26.4 Å². The first kappa shape index (κ1) is 14.2. The van der Waals surface area contributed by atoms with Crippen LogP contribution in [0.2, 0.25) is 0 Å². The summed E-state index contributed by atoms with van der Waals surface area (Å²) in [5, 5.41) is 0. The van der Waals surface area contributed by atoms with E-state index in [9.17, 15) is 4.79 Å². The van der Waals surface area contributed by atoms with E-state index < -0.39 is 0 Å². The van der Waals surface area contributed by atoms with Gasteiger partial charge in [0.2, 0.25) is 0 Å². The van der Waals surface area contributed by atoms with Gasteiger partial charge in [-0.05, 0) is 19.9 Å². The van der Waals surface area contributed by atoms with E-state index in [1.807, 2.05) is 0 Å². The highest BCUT2D eigenvalue weighted by Gasteiger charge is 1.99. The molecule has 0 atom stereocenters. The van der Waals surface area contributed by atoms with Gasteiger partial charge in [-0.25, -0.2) is 4.79 Å². The number of ether oxygens (including phenoxy) is 2. The number of halogens is 1. The van der Waals surface area contributed by atoms with E-state index in [0.29, 0.717) is 19.8 Å². The summed E-state index contributed by atoms with van der Waals surface area (Å²) in [7, 11) is 0. The standard InChI is InChI=1S/C7H15NO3.ClH/c1-2-11-7(9)6-10-5-3-4-8;/h2-6,8H2,1H3;1H. The summed E-state index contributed by atoms with van der Waals surface area (Å²) >= 11 is 0. The highest BCUT2D eigenvalue weighted by atomic mass is 35.5. The molecule has 0 aromatic rings. The van der Waals surface area contributed by atoms with Crippen molar-refractivity contribution >= 4 is 18.4 Å². The highest BCUT2D eigenvalue weighted by Crippen LogP contribution is 1.83. The van der Waals surface area contributed by atoms with E-state index in [2.05, 4.69) is 4.74 Å². The number of carbonyl (C=O) groups excluding carboxylic acids is 1. The van der Waals surface area contributed by atoms with E-state index in [1.165, 1.54) is 0 Å². The maximum absolute atomic E-state index is 10.6. The first-order valence-corrected chi connectivity index (χ1v) is 3.74. The lowest BCUT2D eigenvalue weighted by atomic mass is 10.5. The lowest BCUT2D eigenvalue weighted by molar-refractivity contribution is -0.148. The molecule has 0 spiro atoms. The number of nitrogens with two attached hydrogens (primary N) is 1. The first-order chi connectivity index (χ1) is 5.31. The Labute approximate surface area is 78.8 Å². The van der Waals surface area contributed by atoms with Gasteiger partial charge in [0.25, 0.3) is 0 Å². The molecular weight excluding hydrogens is 182 g/mol. The largest absolute Gasteiger partial charge is 0.464 e. The average Bonchev–Trinajstić information content (AvgIpc) is 1.99. The van der Waals surface area contributed by atoms with Crippen molar-refractivity contribution in [1.29, 1.82) is 0 Å². The second-order valence-electron chi connectivity index (χ2n) is 2.00. The average molecular weight is 198 g/mol. The van der Waals surface area contributed by atoms with Crippen molar-refractivity contribution < 1.29 is 14.3 Å². The van der Waals surface area contributed by atoms with Crippen molar-refractivity contribution in [3.05, 3.63) is 0 Å². The van der Waals surface area contributed by atoms with Crippen LogP contribution >= 0.6 is 12.4 Å². The fourth-order valence-corrected chi connectivity index (χ4v) is 0.544. The third kappa shape index (κ3) is 9.68. The first-order valence-electron chi connectivity index (χ1n) is 3.74. The normalized spacial score (nSPS) is 8.83. The van der Waals surface area contributed by atoms with Crippen LogP contribution in [0.3, 0.4) is 0 Å². The van der Waals surface area contributed by atoms with Crippen LogP contribution in [0.4, 0.5) is 0 Å². The molecule has 0 aromatic carbocycles. The minimum Gasteiger partial charge on any atom is -0.464 e. The summed E-state index contributed by atoms with van der Waals surface area (Å²) in [5.74, 6) is -0.315. The fraction of sp³-hybridized carbons (Fsp3) is 0.857. The van der Waals surface area contributed by atoms with E-state index >= 15 is 0 Å². The third-order valence-corrected chi connectivity index (χ3v) is 1.02. The molecule has 4 nitrogen and oxygen atoms in total. The molecule has 0 radical (unpaired) electrons. The van der Waals surface area contributed by atoms with Crippen molar-refractivity contribution in [3.8, 4) is 0 Å². The smallest absolute Gasteiger partial charge is 0.332 e. The molecule has 12 heavy (non-hydrogen) atoms. The molecule has 0 heterocycles. The number of hydrogen-bond acceptors (Lipinski definition) is 4. The molecule has 0 bridgehead atoms. The van der Waals surface area contributed by atoms with Gasteiger partial charge < -0.3 is 15.2 Å².